The van der Waals surface area contributed by atoms with Crippen molar-refractivity contribution in [3.8, 4) is 0 Å². The number of hydrogen-bond donors (Lipinski definition) is 1. The summed E-state index contributed by atoms with van der Waals surface area (Å²) in [5.74, 6) is 0.816. The van der Waals surface area contributed by atoms with E-state index in [0.717, 1.165) is 31.7 Å². The summed E-state index contributed by atoms with van der Waals surface area (Å²) >= 11 is 0. The SMILES string of the molecule is CC1CCCCN1CC1CCCN(CC2(CO)COC2)C1. The summed E-state index contributed by atoms with van der Waals surface area (Å²) in [6.45, 7) is 10.2. The van der Waals surface area contributed by atoms with E-state index in [0.29, 0.717) is 0 Å². The Morgan fingerprint density at radius 1 is 1.14 bits per heavy atom. The minimum Gasteiger partial charge on any atom is -0.396 e. The van der Waals surface area contributed by atoms with Crippen LogP contribution in [-0.4, -0.2) is 73.5 Å². The number of nitrogens with zero attached hydrogens (tertiary/aromatic N) is 2. The summed E-state index contributed by atoms with van der Waals surface area (Å²) in [5, 5.41) is 9.61. The van der Waals surface area contributed by atoms with Crippen molar-refractivity contribution in [1.82, 2.24) is 9.80 Å². The summed E-state index contributed by atoms with van der Waals surface area (Å²) in [7, 11) is 0. The Labute approximate surface area is 129 Å². The summed E-state index contributed by atoms with van der Waals surface area (Å²) < 4.78 is 5.34. The van der Waals surface area contributed by atoms with Gasteiger partial charge in [-0.25, -0.2) is 0 Å². The van der Waals surface area contributed by atoms with Crippen molar-refractivity contribution in [1.29, 1.82) is 0 Å². The monoisotopic (exact) mass is 296 g/mol. The van der Waals surface area contributed by atoms with Gasteiger partial charge in [0.25, 0.3) is 0 Å². The molecule has 3 rings (SSSR count). The van der Waals surface area contributed by atoms with Crippen LogP contribution in [0.3, 0.4) is 0 Å². The molecule has 0 bridgehead atoms. The Kier molecular flexibility index (Phi) is 5.20. The zero-order valence-electron chi connectivity index (χ0n) is 13.6. The van der Waals surface area contributed by atoms with Gasteiger partial charge < -0.3 is 19.6 Å². The van der Waals surface area contributed by atoms with Gasteiger partial charge in [0.1, 0.15) is 0 Å². The highest BCUT2D eigenvalue weighted by molar-refractivity contribution is 4.90. The van der Waals surface area contributed by atoms with Crippen LogP contribution in [0.1, 0.15) is 39.0 Å². The number of aliphatic hydroxyl groups excluding tert-OH is 1. The standard InChI is InChI=1S/C17H32N2O2/c1-15-5-2-3-8-19(15)10-16-6-4-7-18(9-16)11-17(12-20)13-21-14-17/h15-16,20H,2-14H2,1H3. The second kappa shape index (κ2) is 6.95. The molecule has 3 heterocycles. The minimum absolute atomic E-state index is 0.0420. The molecule has 2 unspecified atom stereocenters. The molecule has 2 atom stereocenters. The zero-order valence-corrected chi connectivity index (χ0v) is 13.6. The lowest BCUT2D eigenvalue weighted by Crippen LogP contribution is -2.55. The molecule has 0 aromatic carbocycles. The Balaban J connectivity index is 1.48. The fourth-order valence-electron chi connectivity index (χ4n) is 4.30. The molecule has 0 aliphatic carbocycles. The Bertz CT molecular complexity index is 327. The topological polar surface area (TPSA) is 35.9 Å². The predicted octanol–water partition coefficient (Wildman–Crippen LogP) is 1.58. The number of ether oxygens (including phenoxy) is 1. The van der Waals surface area contributed by atoms with E-state index in [1.165, 1.54) is 58.3 Å². The molecule has 0 radical (unpaired) electrons. The summed E-state index contributed by atoms with van der Waals surface area (Å²) in [6.07, 6.45) is 6.86. The van der Waals surface area contributed by atoms with Crippen molar-refractivity contribution in [3.63, 3.8) is 0 Å². The second-order valence-electron chi connectivity index (χ2n) is 7.73. The second-order valence-corrected chi connectivity index (χ2v) is 7.73. The molecular weight excluding hydrogens is 264 g/mol. The fraction of sp³-hybridized carbons (Fsp3) is 1.00. The Morgan fingerprint density at radius 2 is 2.00 bits per heavy atom. The molecule has 3 aliphatic rings. The zero-order chi connectivity index (χ0) is 14.7. The van der Waals surface area contributed by atoms with Gasteiger partial charge in [-0.05, 0) is 51.6 Å². The largest absolute Gasteiger partial charge is 0.396 e. The van der Waals surface area contributed by atoms with Gasteiger partial charge in [-0.15, -0.1) is 0 Å². The third kappa shape index (κ3) is 3.79. The van der Waals surface area contributed by atoms with Crippen molar-refractivity contribution in [2.24, 2.45) is 11.3 Å². The normalized spacial score (nSPS) is 34.6. The van der Waals surface area contributed by atoms with E-state index in [1.54, 1.807) is 0 Å². The number of likely N-dealkylation sites (tertiary alicyclic amines) is 2. The van der Waals surface area contributed by atoms with E-state index in [-0.39, 0.29) is 12.0 Å². The fourth-order valence-corrected chi connectivity index (χ4v) is 4.30. The quantitative estimate of drug-likeness (QED) is 0.836. The molecule has 4 nitrogen and oxygen atoms in total. The van der Waals surface area contributed by atoms with Gasteiger partial charge in [-0.3, -0.25) is 0 Å². The van der Waals surface area contributed by atoms with Crippen molar-refractivity contribution < 1.29 is 9.84 Å². The van der Waals surface area contributed by atoms with Crippen LogP contribution in [0.25, 0.3) is 0 Å². The van der Waals surface area contributed by atoms with Gasteiger partial charge >= 0.3 is 0 Å². The molecule has 1 N–H and O–H groups in total. The van der Waals surface area contributed by atoms with E-state index in [9.17, 15) is 5.11 Å². The van der Waals surface area contributed by atoms with Crippen LogP contribution in [0.4, 0.5) is 0 Å². The molecule has 0 aromatic rings. The maximum atomic E-state index is 9.61. The molecule has 3 saturated heterocycles. The van der Waals surface area contributed by atoms with Gasteiger partial charge in [0, 0.05) is 25.7 Å². The van der Waals surface area contributed by atoms with Crippen LogP contribution in [-0.2, 0) is 4.74 Å². The summed E-state index contributed by atoms with van der Waals surface area (Å²) in [6, 6.07) is 0.776. The number of rotatable bonds is 5. The van der Waals surface area contributed by atoms with Gasteiger partial charge in [0.05, 0.1) is 25.2 Å². The van der Waals surface area contributed by atoms with Crippen LogP contribution in [0.5, 0.6) is 0 Å². The first-order chi connectivity index (χ1) is 10.2. The van der Waals surface area contributed by atoms with Crippen LogP contribution in [0.15, 0.2) is 0 Å². The third-order valence-electron chi connectivity index (χ3n) is 5.75. The molecule has 3 fully saturated rings. The van der Waals surface area contributed by atoms with Crippen molar-refractivity contribution >= 4 is 0 Å². The molecule has 122 valence electrons. The third-order valence-corrected chi connectivity index (χ3v) is 5.75. The maximum Gasteiger partial charge on any atom is 0.0579 e. The molecule has 0 amide bonds. The summed E-state index contributed by atoms with van der Waals surface area (Å²) in [4.78, 5) is 5.30. The van der Waals surface area contributed by atoms with Gasteiger partial charge in [-0.1, -0.05) is 6.42 Å². The predicted molar refractivity (Wildman–Crippen MR) is 84.4 cm³/mol. The van der Waals surface area contributed by atoms with Crippen LogP contribution in [0, 0.1) is 11.3 Å². The molecular formula is C17H32N2O2. The molecule has 3 aliphatic heterocycles. The molecule has 0 saturated carbocycles. The summed E-state index contributed by atoms with van der Waals surface area (Å²) in [5.41, 5.74) is 0.0420. The lowest BCUT2D eigenvalue weighted by Gasteiger charge is -2.46. The lowest BCUT2D eigenvalue weighted by molar-refractivity contribution is -0.151. The number of aliphatic hydroxyl groups is 1. The van der Waals surface area contributed by atoms with E-state index in [1.807, 2.05) is 0 Å². The molecule has 0 spiro atoms. The highest BCUT2D eigenvalue weighted by Gasteiger charge is 2.40. The van der Waals surface area contributed by atoms with Crippen LogP contribution in [0.2, 0.25) is 0 Å². The van der Waals surface area contributed by atoms with Crippen molar-refractivity contribution in [2.45, 2.75) is 45.1 Å². The maximum absolute atomic E-state index is 9.61. The van der Waals surface area contributed by atoms with Gasteiger partial charge in [0.15, 0.2) is 0 Å². The highest BCUT2D eigenvalue weighted by atomic mass is 16.5. The average molecular weight is 296 g/mol. The van der Waals surface area contributed by atoms with Gasteiger partial charge in [-0.2, -0.15) is 0 Å². The Hall–Kier alpha value is -0.160. The average Bonchev–Trinajstić information content (AvgIpc) is 2.46. The van der Waals surface area contributed by atoms with Gasteiger partial charge in [0.2, 0.25) is 0 Å². The first-order valence-electron chi connectivity index (χ1n) is 8.86. The van der Waals surface area contributed by atoms with E-state index in [2.05, 4.69) is 16.7 Å². The van der Waals surface area contributed by atoms with E-state index in [4.69, 9.17) is 4.74 Å². The first-order valence-corrected chi connectivity index (χ1v) is 8.86. The first kappa shape index (κ1) is 15.7. The van der Waals surface area contributed by atoms with Crippen molar-refractivity contribution in [3.05, 3.63) is 0 Å². The molecule has 0 aromatic heterocycles. The number of piperidine rings is 2. The lowest BCUT2D eigenvalue weighted by atomic mass is 9.85. The number of hydrogen-bond acceptors (Lipinski definition) is 4. The van der Waals surface area contributed by atoms with Crippen molar-refractivity contribution in [2.75, 3.05) is 52.5 Å². The Morgan fingerprint density at radius 3 is 2.67 bits per heavy atom. The van der Waals surface area contributed by atoms with E-state index >= 15 is 0 Å². The van der Waals surface area contributed by atoms with Crippen LogP contribution < -0.4 is 0 Å². The molecule has 4 heteroatoms. The smallest absolute Gasteiger partial charge is 0.0579 e. The highest BCUT2D eigenvalue weighted by Crippen LogP contribution is 2.30. The molecule has 21 heavy (non-hydrogen) atoms. The minimum atomic E-state index is 0.0420. The van der Waals surface area contributed by atoms with E-state index < -0.39 is 0 Å². The van der Waals surface area contributed by atoms with Crippen LogP contribution >= 0.6 is 0 Å².